The molecule has 0 spiro atoms. The molecule has 0 radical (unpaired) electrons. The number of likely N-dealkylation sites (N-methyl/N-ethyl adjacent to an activating group) is 1. The molecule has 0 amide bonds. The second-order valence-corrected chi connectivity index (χ2v) is 4.95. The fourth-order valence-corrected chi connectivity index (χ4v) is 2.15. The van der Waals surface area contributed by atoms with Crippen molar-refractivity contribution in [3.8, 4) is 0 Å². The lowest BCUT2D eigenvalue weighted by Gasteiger charge is -2.30. The molecule has 2 aromatic rings. The first kappa shape index (κ1) is 13.7. The molecule has 2 N–H and O–H groups in total. The van der Waals surface area contributed by atoms with Gasteiger partial charge in [0.15, 0.2) is 0 Å². The Balaban J connectivity index is 2.01. The van der Waals surface area contributed by atoms with Gasteiger partial charge in [-0.15, -0.1) is 0 Å². The first-order valence-electron chi connectivity index (χ1n) is 6.58. The number of aromatic nitrogens is 1. The minimum Gasteiger partial charge on any atom is -0.323 e. The molecule has 19 heavy (non-hydrogen) atoms. The van der Waals surface area contributed by atoms with E-state index in [1.807, 2.05) is 42.7 Å². The van der Waals surface area contributed by atoms with Gasteiger partial charge in [0.25, 0.3) is 0 Å². The average Bonchev–Trinajstić information content (AvgIpc) is 2.47. The Hall–Kier alpha value is -1.71. The first-order valence-corrected chi connectivity index (χ1v) is 6.58. The van der Waals surface area contributed by atoms with E-state index in [4.69, 9.17) is 5.73 Å². The highest BCUT2D eigenvalue weighted by molar-refractivity contribution is 5.20. The monoisotopic (exact) mass is 255 g/mol. The third-order valence-corrected chi connectivity index (χ3v) is 3.58. The summed E-state index contributed by atoms with van der Waals surface area (Å²) in [6, 6.07) is 14.6. The van der Waals surface area contributed by atoms with Gasteiger partial charge in [-0.3, -0.25) is 9.88 Å². The molecule has 1 aromatic carbocycles. The summed E-state index contributed by atoms with van der Waals surface area (Å²) in [7, 11) is 2.11. The third-order valence-electron chi connectivity index (χ3n) is 3.58. The third kappa shape index (κ3) is 3.63. The van der Waals surface area contributed by atoms with Crippen molar-refractivity contribution < 1.29 is 0 Å². The predicted octanol–water partition coefficient (Wildman–Crippen LogP) is 2.60. The largest absolute Gasteiger partial charge is 0.323 e. The van der Waals surface area contributed by atoms with Crippen LogP contribution in [0.15, 0.2) is 54.9 Å². The van der Waals surface area contributed by atoms with Crippen LogP contribution in [0.2, 0.25) is 0 Å². The molecule has 0 bridgehead atoms. The summed E-state index contributed by atoms with van der Waals surface area (Å²) in [5, 5.41) is 0. The summed E-state index contributed by atoms with van der Waals surface area (Å²) >= 11 is 0. The Morgan fingerprint density at radius 3 is 2.37 bits per heavy atom. The number of benzene rings is 1. The molecular formula is C16H21N3. The van der Waals surface area contributed by atoms with Crippen LogP contribution < -0.4 is 5.73 Å². The topological polar surface area (TPSA) is 42.1 Å². The van der Waals surface area contributed by atoms with Gasteiger partial charge in [-0.2, -0.15) is 0 Å². The van der Waals surface area contributed by atoms with Crippen molar-refractivity contribution in [2.45, 2.75) is 25.6 Å². The van der Waals surface area contributed by atoms with Gasteiger partial charge in [-0.1, -0.05) is 30.3 Å². The molecule has 3 nitrogen and oxygen atoms in total. The minimum absolute atomic E-state index is 0.0213. The normalized spacial score (nSPS) is 14.3. The smallest absolute Gasteiger partial charge is 0.0450 e. The van der Waals surface area contributed by atoms with Crippen molar-refractivity contribution in [3.63, 3.8) is 0 Å². The van der Waals surface area contributed by atoms with Crippen molar-refractivity contribution in [1.82, 2.24) is 9.88 Å². The quantitative estimate of drug-likeness (QED) is 0.893. The maximum Gasteiger partial charge on any atom is 0.0450 e. The zero-order chi connectivity index (χ0) is 13.7. The van der Waals surface area contributed by atoms with E-state index in [9.17, 15) is 0 Å². The van der Waals surface area contributed by atoms with Crippen LogP contribution in [-0.4, -0.2) is 23.0 Å². The van der Waals surface area contributed by atoms with Crippen LogP contribution in [0.3, 0.4) is 0 Å². The van der Waals surface area contributed by atoms with Crippen LogP contribution in [0, 0.1) is 0 Å². The Morgan fingerprint density at radius 2 is 1.74 bits per heavy atom. The number of nitrogens with zero attached hydrogens (tertiary/aromatic N) is 2. The van der Waals surface area contributed by atoms with Gasteiger partial charge < -0.3 is 5.73 Å². The highest BCUT2D eigenvalue weighted by Crippen LogP contribution is 2.18. The van der Waals surface area contributed by atoms with Gasteiger partial charge in [0.05, 0.1) is 0 Å². The van der Waals surface area contributed by atoms with E-state index in [1.54, 1.807) is 0 Å². The Kier molecular flexibility index (Phi) is 4.66. The highest BCUT2D eigenvalue weighted by atomic mass is 15.1. The maximum atomic E-state index is 6.34. The Bertz CT molecular complexity index is 484. The number of pyridine rings is 1. The fourth-order valence-electron chi connectivity index (χ4n) is 2.15. The lowest BCUT2D eigenvalue weighted by atomic mass is 10.0. The van der Waals surface area contributed by atoms with Crippen molar-refractivity contribution >= 4 is 0 Å². The second kappa shape index (κ2) is 6.45. The van der Waals surface area contributed by atoms with E-state index >= 15 is 0 Å². The van der Waals surface area contributed by atoms with Crippen molar-refractivity contribution in [3.05, 3.63) is 66.0 Å². The molecule has 0 fully saturated rings. The van der Waals surface area contributed by atoms with Crippen LogP contribution in [-0.2, 0) is 6.54 Å². The fraction of sp³-hybridized carbons (Fsp3) is 0.312. The molecule has 0 aliphatic carbocycles. The van der Waals surface area contributed by atoms with Gasteiger partial charge in [-0.25, -0.2) is 0 Å². The van der Waals surface area contributed by atoms with Crippen molar-refractivity contribution in [2.24, 2.45) is 5.73 Å². The Morgan fingerprint density at radius 1 is 1.11 bits per heavy atom. The summed E-state index contributed by atoms with van der Waals surface area (Å²) in [5.74, 6) is 0. The van der Waals surface area contributed by atoms with E-state index in [1.165, 1.54) is 11.1 Å². The Labute approximate surface area is 115 Å². The first-order chi connectivity index (χ1) is 9.18. The molecule has 0 saturated carbocycles. The van der Waals surface area contributed by atoms with Gasteiger partial charge in [0.1, 0.15) is 0 Å². The predicted molar refractivity (Wildman–Crippen MR) is 78.5 cm³/mol. The molecule has 2 rings (SSSR count). The van der Waals surface area contributed by atoms with Crippen molar-refractivity contribution in [2.75, 3.05) is 7.05 Å². The summed E-state index contributed by atoms with van der Waals surface area (Å²) in [6.07, 6.45) is 3.65. The zero-order valence-corrected chi connectivity index (χ0v) is 11.5. The highest BCUT2D eigenvalue weighted by Gasteiger charge is 2.18. The van der Waals surface area contributed by atoms with Crippen LogP contribution in [0.4, 0.5) is 0 Å². The van der Waals surface area contributed by atoms with Crippen LogP contribution >= 0.6 is 0 Å². The molecule has 1 aromatic heterocycles. The second-order valence-electron chi connectivity index (χ2n) is 4.95. The average molecular weight is 255 g/mol. The summed E-state index contributed by atoms with van der Waals surface area (Å²) in [5.41, 5.74) is 8.77. The lowest BCUT2D eigenvalue weighted by molar-refractivity contribution is 0.219. The maximum absolute atomic E-state index is 6.34. The summed E-state index contributed by atoms with van der Waals surface area (Å²) < 4.78 is 0. The van der Waals surface area contributed by atoms with Gasteiger partial charge in [0.2, 0.25) is 0 Å². The molecule has 2 unspecified atom stereocenters. The van der Waals surface area contributed by atoms with Crippen molar-refractivity contribution in [1.29, 1.82) is 0 Å². The number of rotatable bonds is 5. The van der Waals surface area contributed by atoms with Gasteiger partial charge in [0, 0.05) is 31.0 Å². The number of nitrogens with two attached hydrogens (primary N) is 1. The van der Waals surface area contributed by atoms with E-state index in [0.29, 0.717) is 0 Å². The lowest BCUT2D eigenvalue weighted by Crippen LogP contribution is -2.37. The molecule has 100 valence electrons. The molecule has 0 aliphatic rings. The van der Waals surface area contributed by atoms with E-state index in [0.717, 1.165) is 6.54 Å². The molecule has 2 atom stereocenters. The molecule has 0 aliphatic heterocycles. The SMILES string of the molecule is CC(C(N)c1ccccc1)N(C)Cc1ccncc1. The number of hydrogen-bond acceptors (Lipinski definition) is 3. The summed E-state index contributed by atoms with van der Waals surface area (Å²) in [6.45, 7) is 3.04. The zero-order valence-electron chi connectivity index (χ0n) is 11.5. The number of hydrogen-bond donors (Lipinski definition) is 1. The summed E-state index contributed by atoms with van der Waals surface area (Å²) in [4.78, 5) is 6.31. The van der Waals surface area contributed by atoms with E-state index in [2.05, 4.69) is 36.0 Å². The van der Waals surface area contributed by atoms with Crippen LogP contribution in [0.1, 0.15) is 24.1 Å². The van der Waals surface area contributed by atoms with Gasteiger partial charge in [-0.05, 0) is 37.2 Å². The van der Waals surface area contributed by atoms with E-state index < -0.39 is 0 Å². The molecular weight excluding hydrogens is 234 g/mol. The minimum atomic E-state index is 0.0213. The van der Waals surface area contributed by atoms with Crippen LogP contribution in [0.5, 0.6) is 0 Å². The molecule has 3 heteroatoms. The standard InChI is InChI=1S/C16H21N3/c1-13(16(17)15-6-4-3-5-7-15)19(2)12-14-8-10-18-11-9-14/h3-11,13,16H,12,17H2,1-2H3. The molecule has 0 saturated heterocycles. The molecule has 1 heterocycles. The van der Waals surface area contributed by atoms with Crippen LogP contribution in [0.25, 0.3) is 0 Å². The van der Waals surface area contributed by atoms with Gasteiger partial charge >= 0.3 is 0 Å². The van der Waals surface area contributed by atoms with E-state index in [-0.39, 0.29) is 12.1 Å².